The van der Waals surface area contributed by atoms with Crippen molar-refractivity contribution in [1.82, 2.24) is 0 Å². The summed E-state index contributed by atoms with van der Waals surface area (Å²) < 4.78 is 10.4. The van der Waals surface area contributed by atoms with Crippen LogP contribution in [0, 0.1) is 23.2 Å². The molecule has 0 radical (unpaired) electrons. The number of hydrogen-bond acceptors (Lipinski definition) is 4. The van der Waals surface area contributed by atoms with E-state index in [9.17, 15) is 9.59 Å². The van der Waals surface area contributed by atoms with E-state index in [1.807, 2.05) is 13.8 Å². The normalized spacial score (nSPS) is 28.5. The van der Waals surface area contributed by atoms with E-state index in [1.54, 1.807) is 0 Å². The summed E-state index contributed by atoms with van der Waals surface area (Å²) in [6, 6.07) is 0. The second-order valence-electron chi connectivity index (χ2n) is 6.44. The molecule has 2 aliphatic carbocycles. The van der Waals surface area contributed by atoms with E-state index in [0.717, 1.165) is 12.8 Å². The highest BCUT2D eigenvalue weighted by Gasteiger charge is 2.41. The second-order valence-corrected chi connectivity index (χ2v) is 6.44. The molecule has 0 aromatic heterocycles. The van der Waals surface area contributed by atoms with E-state index in [4.69, 9.17) is 9.47 Å². The summed E-state index contributed by atoms with van der Waals surface area (Å²) in [7, 11) is 0. The molecule has 0 N–H and O–H groups in total. The SMILES string of the molecule is CC(=O)OCC(C)(C)COC(=O)C1CC2C=CC1C2. The maximum atomic E-state index is 12.1. The van der Waals surface area contributed by atoms with Crippen molar-refractivity contribution in [2.75, 3.05) is 13.2 Å². The van der Waals surface area contributed by atoms with Crippen LogP contribution in [0.5, 0.6) is 0 Å². The zero-order valence-electron chi connectivity index (χ0n) is 11.8. The molecule has 3 atom stereocenters. The maximum Gasteiger partial charge on any atom is 0.309 e. The largest absolute Gasteiger partial charge is 0.465 e. The van der Waals surface area contributed by atoms with Gasteiger partial charge in [0.05, 0.1) is 19.1 Å². The van der Waals surface area contributed by atoms with Gasteiger partial charge in [-0.2, -0.15) is 0 Å². The van der Waals surface area contributed by atoms with Crippen LogP contribution in [0.15, 0.2) is 12.2 Å². The first-order chi connectivity index (χ1) is 8.87. The standard InChI is InChI=1S/C15H22O4/c1-10(16)18-8-15(2,3)9-19-14(17)13-7-11-4-5-12(13)6-11/h4-5,11-13H,6-9H2,1-3H3. The van der Waals surface area contributed by atoms with E-state index in [1.165, 1.54) is 6.92 Å². The van der Waals surface area contributed by atoms with Crippen molar-refractivity contribution in [1.29, 1.82) is 0 Å². The molecular formula is C15H22O4. The highest BCUT2D eigenvalue weighted by Crippen LogP contribution is 2.44. The Morgan fingerprint density at radius 1 is 1.16 bits per heavy atom. The van der Waals surface area contributed by atoms with Crippen molar-refractivity contribution in [2.24, 2.45) is 23.2 Å². The van der Waals surface area contributed by atoms with Crippen LogP contribution in [0.4, 0.5) is 0 Å². The monoisotopic (exact) mass is 266 g/mol. The molecule has 1 fully saturated rings. The molecule has 4 heteroatoms. The summed E-state index contributed by atoms with van der Waals surface area (Å²) in [6.07, 6.45) is 6.37. The van der Waals surface area contributed by atoms with Gasteiger partial charge in [0.2, 0.25) is 0 Å². The molecule has 2 bridgehead atoms. The number of hydrogen-bond donors (Lipinski definition) is 0. The predicted molar refractivity (Wildman–Crippen MR) is 70.2 cm³/mol. The molecule has 4 nitrogen and oxygen atoms in total. The van der Waals surface area contributed by atoms with Gasteiger partial charge in [-0.25, -0.2) is 0 Å². The first-order valence-corrected chi connectivity index (χ1v) is 6.86. The fourth-order valence-corrected chi connectivity index (χ4v) is 2.76. The van der Waals surface area contributed by atoms with Crippen molar-refractivity contribution in [3.05, 3.63) is 12.2 Å². The van der Waals surface area contributed by atoms with Crippen LogP contribution >= 0.6 is 0 Å². The molecule has 0 heterocycles. The van der Waals surface area contributed by atoms with Crippen molar-refractivity contribution in [3.8, 4) is 0 Å². The minimum atomic E-state index is -0.339. The van der Waals surface area contributed by atoms with E-state index in [-0.39, 0.29) is 36.5 Å². The van der Waals surface area contributed by atoms with E-state index >= 15 is 0 Å². The summed E-state index contributed by atoms with van der Waals surface area (Å²) in [4.78, 5) is 22.8. The van der Waals surface area contributed by atoms with Gasteiger partial charge in [0.15, 0.2) is 0 Å². The van der Waals surface area contributed by atoms with Crippen LogP contribution in [0.25, 0.3) is 0 Å². The van der Waals surface area contributed by atoms with Crippen molar-refractivity contribution >= 4 is 11.9 Å². The summed E-state index contributed by atoms with van der Waals surface area (Å²) >= 11 is 0. The van der Waals surface area contributed by atoms with Crippen LogP contribution in [0.3, 0.4) is 0 Å². The molecule has 0 saturated heterocycles. The Hall–Kier alpha value is -1.32. The van der Waals surface area contributed by atoms with Crippen molar-refractivity contribution in [3.63, 3.8) is 0 Å². The van der Waals surface area contributed by atoms with E-state index in [0.29, 0.717) is 11.8 Å². The lowest BCUT2D eigenvalue weighted by Crippen LogP contribution is -2.31. The Labute approximate surface area is 114 Å². The molecule has 106 valence electrons. The fourth-order valence-electron chi connectivity index (χ4n) is 2.76. The molecule has 0 amide bonds. The third-order valence-electron chi connectivity index (χ3n) is 3.85. The third-order valence-corrected chi connectivity index (χ3v) is 3.85. The van der Waals surface area contributed by atoms with E-state index in [2.05, 4.69) is 12.2 Å². The fraction of sp³-hybridized carbons (Fsp3) is 0.733. The predicted octanol–water partition coefficient (Wildman–Crippen LogP) is 2.33. The Morgan fingerprint density at radius 2 is 1.84 bits per heavy atom. The van der Waals surface area contributed by atoms with Crippen LogP contribution in [0.2, 0.25) is 0 Å². The third kappa shape index (κ3) is 3.58. The first kappa shape index (κ1) is 14.1. The Bertz CT molecular complexity index is 397. The zero-order valence-corrected chi connectivity index (χ0v) is 11.8. The van der Waals surface area contributed by atoms with E-state index < -0.39 is 0 Å². The van der Waals surface area contributed by atoms with Gasteiger partial charge in [-0.05, 0) is 24.7 Å². The van der Waals surface area contributed by atoms with Gasteiger partial charge in [0.25, 0.3) is 0 Å². The van der Waals surface area contributed by atoms with Gasteiger partial charge in [0, 0.05) is 12.3 Å². The Balaban J connectivity index is 1.77. The number of esters is 2. The summed E-state index contributed by atoms with van der Waals surface area (Å²) in [5.74, 6) is 0.551. The number of carbonyl (C=O) groups excluding carboxylic acids is 2. The first-order valence-electron chi connectivity index (χ1n) is 6.86. The highest BCUT2D eigenvalue weighted by atomic mass is 16.5. The summed E-state index contributed by atoms with van der Waals surface area (Å²) in [6.45, 7) is 5.78. The van der Waals surface area contributed by atoms with Gasteiger partial charge in [-0.15, -0.1) is 0 Å². The number of fused-ring (bicyclic) bond motifs is 2. The molecule has 0 spiro atoms. The van der Waals surface area contributed by atoms with Crippen LogP contribution < -0.4 is 0 Å². The average Bonchev–Trinajstić information content (AvgIpc) is 2.96. The number of allylic oxidation sites excluding steroid dienone is 2. The maximum absolute atomic E-state index is 12.1. The smallest absolute Gasteiger partial charge is 0.309 e. The number of rotatable bonds is 5. The Kier molecular flexibility index (Phi) is 3.97. The lowest BCUT2D eigenvalue weighted by atomic mass is 9.93. The quantitative estimate of drug-likeness (QED) is 0.566. The molecule has 1 saturated carbocycles. The average molecular weight is 266 g/mol. The second kappa shape index (κ2) is 5.35. The van der Waals surface area contributed by atoms with Crippen LogP contribution in [-0.4, -0.2) is 25.2 Å². The topological polar surface area (TPSA) is 52.6 Å². The lowest BCUT2D eigenvalue weighted by Gasteiger charge is -2.25. The molecule has 2 aliphatic rings. The van der Waals surface area contributed by atoms with Crippen LogP contribution in [0.1, 0.15) is 33.6 Å². The molecular weight excluding hydrogens is 244 g/mol. The van der Waals surface area contributed by atoms with Crippen molar-refractivity contribution in [2.45, 2.75) is 33.6 Å². The molecule has 0 aliphatic heterocycles. The van der Waals surface area contributed by atoms with Gasteiger partial charge >= 0.3 is 11.9 Å². The number of carbonyl (C=O) groups is 2. The summed E-state index contributed by atoms with van der Waals surface area (Å²) in [5.41, 5.74) is -0.339. The zero-order chi connectivity index (χ0) is 14.0. The van der Waals surface area contributed by atoms with Gasteiger partial charge in [0.1, 0.15) is 0 Å². The van der Waals surface area contributed by atoms with Gasteiger partial charge < -0.3 is 9.47 Å². The molecule has 19 heavy (non-hydrogen) atoms. The molecule has 0 aromatic carbocycles. The van der Waals surface area contributed by atoms with Gasteiger partial charge in [-0.3, -0.25) is 9.59 Å². The van der Waals surface area contributed by atoms with Gasteiger partial charge in [-0.1, -0.05) is 26.0 Å². The lowest BCUT2D eigenvalue weighted by molar-refractivity contribution is -0.155. The molecule has 3 unspecified atom stereocenters. The summed E-state index contributed by atoms with van der Waals surface area (Å²) in [5, 5.41) is 0. The molecule has 0 aromatic rings. The number of ether oxygens (including phenoxy) is 2. The highest BCUT2D eigenvalue weighted by molar-refractivity contribution is 5.74. The van der Waals surface area contributed by atoms with Crippen molar-refractivity contribution < 1.29 is 19.1 Å². The minimum Gasteiger partial charge on any atom is -0.465 e. The Morgan fingerprint density at radius 3 is 2.37 bits per heavy atom. The molecule has 2 rings (SSSR count). The minimum absolute atomic E-state index is 0.0273. The van der Waals surface area contributed by atoms with Crippen LogP contribution in [-0.2, 0) is 19.1 Å².